The predicted octanol–water partition coefficient (Wildman–Crippen LogP) is 5.03. The number of nitrogens with zero attached hydrogens (tertiary/aromatic N) is 1. The molecule has 164 valence electrons. The topological polar surface area (TPSA) is 68.2 Å². The van der Waals surface area contributed by atoms with E-state index in [1.165, 1.54) is 0 Å². The van der Waals surface area contributed by atoms with Gasteiger partial charge in [0.25, 0.3) is 0 Å². The molecule has 0 spiro atoms. The zero-order chi connectivity index (χ0) is 22.9. The number of carbonyl (C=O) groups excluding carboxylic acids is 1. The molecule has 32 heavy (non-hydrogen) atoms. The molecule has 0 fully saturated rings. The SMILES string of the molecule is Cc1ccc(C)c(NC(=O)CS(=O)(=O)c2cn(Cc3ccccc3C)c3ccccc23)c1. The molecule has 1 N–H and O–H groups in total. The molecule has 4 rings (SSSR count). The van der Waals surface area contributed by atoms with Crippen LogP contribution in [0.25, 0.3) is 10.9 Å². The monoisotopic (exact) mass is 446 g/mol. The summed E-state index contributed by atoms with van der Waals surface area (Å²) >= 11 is 0. The highest BCUT2D eigenvalue weighted by molar-refractivity contribution is 7.92. The zero-order valence-electron chi connectivity index (χ0n) is 18.4. The number of fused-ring (bicyclic) bond motifs is 1. The van der Waals surface area contributed by atoms with Gasteiger partial charge in [0.05, 0.1) is 4.90 Å². The number of para-hydroxylation sites is 1. The fourth-order valence-corrected chi connectivity index (χ4v) is 5.24. The van der Waals surface area contributed by atoms with Crippen molar-refractivity contribution in [1.29, 1.82) is 0 Å². The Hall–Kier alpha value is -3.38. The summed E-state index contributed by atoms with van der Waals surface area (Å²) in [6.45, 7) is 6.39. The molecule has 0 unspecified atom stereocenters. The lowest BCUT2D eigenvalue weighted by atomic mass is 10.1. The quantitative estimate of drug-likeness (QED) is 0.452. The molecule has 0 aliphatic carbocycles. The molecule has 0 saturated heterocycles. The number of hydrogen-bond donors (Lipinski definition) is 1. The van der Waals surface area contributed by atoms with E-state index in [2.05, 4.69) is 5.32 Å². The molecular formula is C26H26N2O3S. The van der Waals surface area contributed by atoms with Gasteiger partial charge in [-0.2, -0.15) is 0 Å². The summed E-state index contributed by atoms with van der Waals surface area (Å²) < 4.78 is 28.5. The van der Waals surface area contributed by atoms with Gasteiger partial charge >= 0.3 is 0 Å². The molecule has 0 radical (unpaired) electrons. The van der Waals surface area contributed by atoms with E-state index in [4.69, 9.17) is 0 Å². The average Bonchev–Trinajstić information content (AvgIpc) is 3.12. The highest BCUT2D eigenvalue weighted by Crippen LogP contribution is 2.28. The van der Waals surface area contributed by atoms with Crippen molar-refractivity contribution < 1.29 is 13.2 Å². The second kappa shape index (κ2) is 8.63. The minimum Gasteiger partial charge on any atom is -0.342 e. The first-order valence-corrected chi connectivity index (χ1v) is 12.1. The van der Waals surface area contributed by atoms with Crippen molar-refractivity contribution in [2.75, 3.05) is 11.1 Å². The number of aromatic nitrogens is 1. The minimum absolute atomic E-state index is 0.179. The summed E-state index contributed by atoms with van der Waals surface area (Å²) in [5.74, 6) is -1.16. The Bertz CT molecular complexity index is 1420. The first-order valence-electron chi connectivity index (χ1n) is 10.5. The van der Waals surface area contributed by atoms with E-state index in [1.807, 2.05) is 86.0 Å². The van der Waals surface area contributed by atoms with Crippen molar-refractivity contribution in [3.8, 4) is 0 Å². The van der Waals surface area contributed by atoms with Crippen LogP contribution in [0.5, 0.6) is 0 Å². The van der Waals surface area contributed by atoms with Crippen LogP contribution in [0, 0.1) is 20.8 Å². The van der Waals surface area contributed by atoms with E-state index in [0.29, 0.717) is 17.6 Å². The summed E-state index contributed by atoms with van der Waals surface area (Å²) in [5, 5.41) is 3.38. The molecule has 1 heterocycles. The van der Waals surface area contributed by atoms with Gasteiger partial charge in [0.1, 0.15) is 5.75 Å². The largest absolute Gasteiger partial charge is 0.342 e. The van der Waals surface area contributed by atoms with Gasteiger partial charge in [-0.1, -0.05) is 54.6 Å². The van der Waals surface area contributed by atoms with Crippen LogP contribution in [0.15, 0.2) is 77.8 Å². The molecule has 0 aliphatic rings. The third-order valence-electron chi connectivity index (χ3n) is 5.68. The third kappa shape index (κ3) is 4.46. The van der Waals surface area contributed by atoms with E-state index in [0.717, 1.165) is 27.8 Å². The van der Waals surface area contributed by atoms with Crippen LogP contribution in [0.1, 0.15) is 22.3 Å². The fourth-order valence-electron chi connectivity index (χ4n) is 3.87. The lowest BCUT2D eigenvalue weighted by molar-refractivity contribution is -0.113. The van der Waals surface area contributed by atoms with Gasteiger partial charge in [0.15, 0.2) is 9.84 Å². The Morgan fingerprint density at radius 2 is 1.62 bits per heavy atom. The molecule has 0 saturated carbocycles. The first kappa shape index (κ1) is 21.8. The molecule has 1 aromatic heterocycles. The van der Waals surface area contributed by atoms with Crippen molar-refractivity contribution in [3.63, 3.8) is 0 Å². The van der Waals surface area contributed by atoms with Crippen LogP contribution < -0.4 is 5.32 Å². The standard InChI is InChI=1S/C26H26N2O3S/c1-18-12-13-20(3)23(14-18)27-26(29)17-32(30,31)25-16-28(24-11-7-6-10-22(24)25)15-21-9-5-4-8-19(21)2/h4-14,16H,15,17H2,1-3H3,(H,27,29). The summed E-state index contributed by atoms with van der Waals surface area (Å²) in [4.78, 5) is 12.8. The number of hydrogen-bond acceptors (Lipinski definition) is 3. The summed E-state index contributed by atoms with van der Waals surface area (Å²) in [7, 11) is -3.84. The zero-order valence-corrected chi connectivity index (χ0v) is 19.2. The minimum atomic E-state index is -3.84. The molecular weight excluding hydrogens is 420 g/mol. The van der Waals surface area contributed by atoms with Crippen LogP contribution in [0.2, 0.25) is 0 Å². The fraction of sp³-hybridized carbons (Fsp3) is 0.192. The smallest absolute Gasteiger partial charge is 0.239 e. The molecule has 0 aliphatic heterocycles. The van der Waals surface area contributed by atoms with Crippen LogP contribution in [-0.2, 0) is 21.2 Å². The second-order valence-electron chi connectivity index (χ2n) is 8.19. The summed E-state index contributed by atoms with van der Waals surface area (Å²) in [5.41, 5.74) is 5.59. The van der Waals surface area contributed by atoms with E-state index >= 15 is 0 Å². The van der Waals surface area contributed by atoms with Crippen molar-refractivity contribution in [2.45, 2.75) is 32.2 Å². The number of amides is 1. The van der Waals surface area contributed by atoms with Crippen molar-refractivity contribution in [2.24, 2.45) is 0 Å². The average molecular weight is 447 g/mol. The molecule has 5 nitrogen and oxygen atoms in total. The van der Waals surface area contributed by atoms with Crippen molar-refractivity contribution in [1.82, 2.24) is 4.57 Å². The third-order valence-corrected chi connectivity index (χ3v) is 7.31. The van der Waals surface area contributed by atoms with Crippen LogP contribution in [0.4, 0.5) is 5.69 Å². The van der Waals surface area contributed by atoms with Gasteiger partial charge < -0.3 is 9.88 Å². The Labute approximate surface area is 188 Å². The van der Waals surface area contributed by atoms with Gasteiger partial charge in [-0.15, -0.1) is 0 Å². The predicted molar refractivity (Wildman–Crippen MR) is 129 cm³/mol. The highest BCUT2D eigenvalue weighted by Gasteiger charge is 2.25. The molecule has 3 aromatic carbocycles. The lowest BCUT2D eigenvalue weighted by Crippen LogP contribution is -2.23. The van der Waals surface area contributed by atoms with Crippen LogP contribution >= 0.6 is 0 Å². The Kier molecular flexibility index (Phi) is 5.89. The highest BCUT2D eigenvalue weighted by atomic mass is 32.2. The molecule has 1 amide bonds. The number of nitrogens with one attached hydrogen (secondary N) is 1. The maximum Gasteiger partial charge on any atom is 0.239 e. The normalized spacial score (nSPS) is 11.6. The Morgan fingerprint density at radius 1 is 0.906 bits per heavy atom. The maximum atomic E-state index is 13.3. The molecule has 0 bridgehead atoms. The van der Waals surface area contributed by atoms with Gasteiger partial charge in [-0.25, -0.2) is 8.42 Å². The second-order valence-corrected chi connectivity index (χ2v) is 10.1. The Balaban J connectivity index is 1.65. The lowest BCUT2D eigenvalue weighted by Gasteiger charge is -2.10. The molecule has 6 heteroatoms. The maximum absolute atomic E-state index is 13.3. The van der Waals surface area contributed by atoms with Gasteiger partial charge in [-0.3, -0.25) is 4.79 Å². The van der Waals surface area contributed by atoms with Gasteiger partial charge in [0.2, 0.25) is 5.91 Å². The summed E-state index contributed by atoms with van der Waals surface area (Å²) in [6.07, 6.45) is 1.65. The number of sulfone groups is 1. The molecule has 0 atom stereocenters. The number of benzene rings is 3. The molecule has 4 aromatic rings. The number of rotatable bonds is 6. The number of aryl methyl sites for hydroxylation is 3. The number of carbonyl (C=O) groups is 1. The van der Waals surface area contributed by atoms with Gasteiger partial charge in [0, 0.05) is 29.3 Å². The van der Waals surface area contributed by atoms with E-state index in [9.17, 15) is 13.2 Å². The number of anilines is 1. The Morgan fingerprint density at radius 3 is 2.41 bits per heavy atom. The van der Waals surface area contributed by atoms with Gasteiger partial charge in [-0.05, 0) is 55.2 Å². The first-order chi connectivity index (χ1) is 15.2. The van der Waals surface area contributed by atoms with Crippen LogP contribution in [0.3, 0.4) is 0 Å². The van der Waals surface area contributed by atoms with Crippen molar-refractivity contribution in [3.05, 3.63) is 95.2 Å². The van der Waals surface area contributed by atoms with E-state index in [1.54, 1.807) is 12.3 Å². The van der Waals surface area contributed by atoms with Crippen LogP contribution in [-0.4, -0.2) is 24.6 Å². The van der Waals surface area contributed by atoms with E-state index in [-0.39, 0.29) is 4.90 Å². The van der Waals surface area contributed by atoms with Crippen molar-refractivity contribution >= 4 is 32.3 Å². The van der Waals surface area contributed by atoms with E-state index < -0.39 is 21.5 Å². The summed E-state index contributed by atoms with van der Waals surface area (Å²) in [6, 6.07) is 21.1.